The molecule has 1 fully saturated rings. The lowest BCUT2D eigenvalue weighted by molar-refractivity contribution is -0.117. The van der Waals surface area contributed by atoms with Crippen molar-refractivity contribution in [1.29, 1.82) is 0 Å². The molecule has 2 amide bonds. The van der Waals surface area contributed by atoms with E-state index in [1.807, 2.05) is 25.1 Å². The van der Waals surface area contributed by atoms with Crippen LogP contribution < -0.4 is 10.6 Å². The quantitative estimate of drug-likeness (QED) is 0.882. The zero-order chi connectivity index (χ0) is 12.4. The molecule has 90 valence electrons. The third-order valence-corrected chi connectivity index (χ3v) is 3.91. The van der Waals surface area contributed by atoms with Crippen LogP contribution in [0.15, 0.2) is 22.7 Å². The highest BCUT2D eigenvalue weighted by Gasteiger charge is 2.28. The minimum atomic E-state index is -0.444. The Morgan fingerprint density at radius 2 is 2.35 bits per heavy atom. The van der Waals surface area contributed by atoms with Crippen LogP contribution >= 0.6 is 27.7 Å². The highest BCUT2D eigenvalue weighted by molar-refractivity contribution is 9.10. The zero-order valence-corrected chi connectivity index (χ0v) is 11.5. The monoisotopic (exact) mass is 314 g/mol. The predicted octanol–water partition coefficient (Wildman–Crippen LogP) is 2.52. The maximum Gasteiger partial charge on any atom is 0.279 e. The molecule has 0 spiro atoms. The van der Waals surface area contributed by atoms with Crippen LogP contribution in [0.4, 0.5) is 10.5 Å². The first-order valence-corrected chi connectivity index (χ1v) is 6.84. The largest absolute Gasteiger partial charge is 0.334 e. The molecular formula is C11H11BrN2O2S. The van der Waals surface area contributed by atoms with Crippen molar-refractivity contribution in [2.75, 3.05) is 11.1 Å². The summed E-state index contributed by atoms with van der Waals surface area (Å²) in [5, 5.41) is 5.24. The fourth-order valence-corrected chi connectivity index (χ4v) is 2.84. The number of anilines is 1. The molecule has 1 aliphatic heterocycles. The van der Waals surface area contributed by atoms with E-state index in [1.165, 1.54) is 0 Å². The Kier molecular flexibility index (Phi) is 3.73. The lowest BCUT2D eigenvalue weighted by Gasteiger charge is -2.11. The van der Waals surface area contributed by atoms with Gasteiger partial charge in [0.15, 0.2) is 0 Å². The number of nitrogens with one attached hydrogen (secondary N) is 2. The van der Waals surface area contributed by atoms with Gasteiger partial charge in [-0.05, 0) is 40.5 Å². The summed E-state index contributed by atoms with van der Waals surface area (Å²) in [5.41, 5.74) is 1.83. The molecule has 1 aromatic carbocycles. The molecular weight excluding hydrogens is 304 g/mol. The van der Waals surface area contributed by atoms with E-state index in [-0.39, 0.29) is 11.1 Å². The van der Waals surface area contributed by atoms with E-state index in [4.69, 9.17) is 0 Å². The summed E-state index contributed by atoms with van der Waals surface area (Å²) in [6.07, 6.45) is 0. The average Bonchev–Trinajstić information content (AvgIpc) is 2.69. The van der Waals surface area contributed by atoms with Gasteiger partial charge in [-0.2, -0.15) is 0 Å². The molecule has 17 heavy (non-hydrogen) atoms. The van der Waals surface area contributed by atoms with Crippen LogP contribution in [0.2, 0.25) is 0 Å². The molecule has 1 aromatic rings. The lowest BCUT2D eigenvalue weighted by atomic mass is 10.2. The summed E-state index contributed by atoms with van der Waals surface area (Å²) < 4.78 is 0.836. The van der Waals surface area contributed by atoms with Crippen LogP contribution in [0.25, 0.3) is 0 Å². The SMILES string of the molecule is Cc1ccc(NC(=O)C2CSC(=O)N2)c(Br)c1. The maximum atomic E-state index is 11.8. The van der Waals surface area contributed by atoms with Crippen molar-refractivity contribution in [3.63, 3.8) is 0 Å². The third kappa shape index (κ3) is 3.01. The van der Waals surface area contributed by atoms with E-state index in [9.17, 15) is 9.59 Å². The van der Waals surface area contributed by atoms with Crippen molar-refractivity contribution >= 4 is 44.5 Å². The first-order chi connectivity index (χ1) is 8.06. The van der Waals surface area contributed by atoms with Gasteiger partial charge in [-0.25, -0.2) is 0 Å². The van der Waals surface area contributed by atoms with Gasteiger partial charge in [0.1, 0.15) is 6.04 Å². The topological polar surface area (TPSA) is 58.2 Å². The first-order valence-electron chi connectivity index (χ1n) is 5.06. The van der Waals surface area contributed by atoms with Gasteiger partial charge >= 0.3 is 0 Å². The van der Waals surface area contributed by atoms with Crippen LogP contribution in [0.3, 0.4) is 0 Å². The molecule has 1 saturated heterocycles. The number of carbonyl (C=O) groups excluding carboxylic acids is 2. The molecule has 0 radical (unpaired) electrons. The second-order valence-electron chi connectivity index (χ2n) is 3.77. The number of aryl methyl sites for hydroxylation is 1. The number of amides is 2. The fraction of sp³-hybridized carbons (Fsp3) is 0.273. The van der Waals surface area contributed by atoms with Crippen molar-refractivity contribution < 1.29 is 9.59 Å². The van der Waals surface area contributed by atoms with Crippen molar-refractivity contribution in [2.45, 2.75) is 13.0 Å². The first kappa shape index (κ1) is 12.4. The summed E-state index contributed by atoms with van der Waals surface area (Å²) >= 11 is 4.52. The van der Waals surface area contributed by atoms with Gasteiger partial charge in [-0.15, -0.1) is 0 Å². The summed E-state index contributed by atoms with van der Waals surface area (Å²) in [6.45, 7) is 1.98. The average molecular weight is 315 g/mol. The van der Waals surface area contributed by atoms with Gasteiger partial charge < -0.3 is 10.6 Å². The fourth-order valence-electron chi connectivity index (χ4n) is 1.47. The van der Waals surface area contributed by atoms with Crippen LogP contribution in [0, 0.1) is 6.92 Å². The smallest absolute Gasteiger partial charge is 0.279 e. The zero-order valence-electron chi connectivity index (χ0n) is 9.12. The van der Waals surface area contributed by atoms with E-state index in [0.29, 0.717) is 11.4 Å². The van der Waals surface area contributed by atoms with Crippen LogP contribution in [-0.4, -0.2) is 22.9 Å². The summed E-state index contributed by atoms with van der Waals surface area (Å²) in [4.78, 5) is 22.8. The van der Waals surface area contributed by atoms with Gasteiger partial charge in [0.25, 0.3) is 5.24 Å². The molecule has 4 nitrogen and oxygen atoms in total. The Morgan fingerprint density at radius 3 is 2.94 bits per heavy atom. The second-order valence-corrected chi connectivity index (χ2v) is 5.62. The number of halogens is 1. The normalized spacial score (nSPS) is 18.9. The summed E-state index contributed by atoms with van der Waals surface area (Å²) in [5.74, 6) is 0.293. The number of thioether (sulfide) groups is 1. The summed E-state index contributed by atoms with van der Waals surface area (Å²) in [6, 6.07) is 5.24. The van der Waals surface area contributed by atoms with Crippen molar-refractivity contribution in [2.24, 2.45) is 0 Å². The number of rotatable bonds is 2. The van der Waals surface area contributed by atoms with Crippen LogP contribution in [0.1, 0.15) is 5.56 Å². The number of benzene rings is 1. The van der Waals surface area contributed by atoms with E-state index in [1.54, 1.807) is 0 Å². The van der Waals surface area contributed by atoms with Gasteiger partial charge in [0.2, 0.25) is 5.91 Å². The Balaban J connectivity index is 2.05. The predicted molar refractivity (Wildman–Crippen MR) is 72.3 cm³/mol. The van der Waals surface area contributed by atoms with Gasteiger partial charge in [-0.3, -0.25) is 9.59 Å². The molecule has 2 rings (SSSR count). The second kappa shape index (κ2) is 5.10. The molecule has 1 unspecified atom stereocenters. The minimum absolute atomic E-state index is 0.145. The molecule has 1 atom stereocenters. The highest BCUT2D eigenvalue weighted by Crippen LogP contribution is 2.24. The van der Waals surface area contributed by atoms with E-state index in [0.717, 1.165) is 21.8 Å². The van der Waals surface area contributed by atoms with Crippen molar-refractivity contribution in [3.8, 4) is 0 Å². The Morgan fingerprint density at radius 1 is 1.59 bits per heavy atom. The molecule has 1 heterocycles. The minimum Gasteiger partial charge on any atom is -0.334 e. The number of hydrogen-bond donors (Lipinski definition) is 2. The van der Waals surface area contributed by atoms with E-state index in [2.05, 4.69) is 26.6 Å². The standard InChI is InChI=1S/C11H11BrN2O2S/c1-6-2-3-8(7(12)4-6)13-10(15)9-5-17-11(16)14-9/h2-4,9H,5H2,1H3,(H,13,15)(H,14,16). The summed E-state index contributed by atoms with van der Waals surface area (Å²) in [7, 11) is 0. The van der Waals surface area contributed by atoms with Gasteiger partial charge in [0.05, 0.1) is 5.69 Å². The number of hydrogen-bond acceptors (Lipinski definition) is 3. The van der Waals surface area contributed by atoms with Gasteiger partial charge in [0, 0.05) is 10.2 Å². The third-order valence-electron chi connectivity index (χ3n) is 2.37. The molecule has 0 aromatic heterocycles. The Bertz CT molecular complexity index is 479. The molecule has 2 N–H and O–H groups in total. The Labute approximate surface area is 112 Å². The lowest BCUT2D eigenvalue weighted by Crippen LogP contribution is -2.38. The molecule has 1 aliphatic rings. The molecule has 6 heteroatoms. The molecule has 0 bridgehead atoms. The van der Waals surface area contributed by atoms with Crippen LogP contribution in [0.5, 0.6) is 0 Å². The van der Waals surface area contributed by atoms with E-state index >= 15 is 0 Å². The number of carbonyl (C=O) groups is 2. The highest BCUT2D eigenvalue weighted by atomic mass is 79.9. The van der Waals surface area contributed by atoms with Crippen molar-refractivity contribution in [3.05, 3.63) is 28.2 Å². The van der Waals surface area contributed by atoms with Crippen LogP contribution in [-0.2, 0) is 4.79 Å². The molecule has 0 saturated carbocycles. The molecule has 0 aliphatic carbocycles. The Hall–Kier alpha value is -1.01. The van der Waals surface area contributed by atoms with E-state index < -0.39 is 6.04 Å². The van der Waals surface area contributed by atoms with Crippen molar-refractivity contribution in [1.82, 2.24) is 5.32 Å². The maximum absolute atomic E-state index is 11.8. The van der Waals surface area contributed by atoms with Gasteiger partial charge in [-0.1, -0.05) is 17.8 Å².